The highest BCUT2D eigenvalue weighted by Crippen LogP contribution is 2.29. The summed E-state index contributed by atoms with van der Waals surface area (Å²) in [4.78, 5) is 29.9. The largest absolute Gasteiger partial charge is 0.496 e. The minimum atomic E-state index is -3.95. The lowest BCUT2D eigenvalue weighted by Gasteiger charge is -2.10. The number of methoxy groups -OCH3 is 1. The van der Waals surface area contributed by atoms with E-state index in [-0.39, 0.29) is 34.2 Å². The van der Waals surface area contributed by atoms with Gasteiger partial charge in [0, 0.05) is 6.20 Å². The van der Waals surface area contributed by atoms with Crippen molar-refractivity contribution in [3.63, 3.8) is 0 Å². The third-order valence-corrected chi connectivity index (χ3v) is 3.96. The number of benzene rings is 1. The number of ether oxygens (including phenoxy) is 2. The second-order valence-corrected chi connectivity index (χ2v) is 6.16. The first-order valence-corrected chi connectivity index (χ1v) is 8.30. The van der Waals surface area contributed by atoms with Crippen LogP contribution in [0.3, 0.4) is 0 Å². The molecular weight excluding hydrogens is 338 g/mol. The number of nitrogens with zero attached hydrogens (tertiary/aromatic N) is 1. The molecule has 24 heavy (non-hydrogen) atoms. The Morgan fingerprint density at radius 1 is 1.38 bits per heavy atom. The Morgan fingerprint density at radius 2 is 2.08 bits per heavy atom. The van der Waals surface area contributed by atoms with Gasteiger partial charge in [0.05, 0.1) is 24.2 Å². The number of nitrogens with one attached hydrogen (secondary N) is 1. The van der Waals surface area contributed by atoms with Crippen LogP contribution < -0.4 is 15.4 Å². The number of aromatic amines is 1. The van der Waals surface area contributed by atoms with E-state index in [1.807, 2.05) is 0 Å². The van der Waals surface area contributed by atoms with Crippen molar-refractivity contribution < 1.29 is 22.7 Å². The quantitative estimate of drug-likeness (QED) is 0.735. The van der Waals surface area contributed by atoms with Crippen molar-refractivity contribution in [1.29, 1.82) is 0 Å². The summed E-state index contributed by atoms with van der Waals surface area (Å²) in [7, 11) is -2.57. The molecule has 0 atom stereocenters. The molecule has 128 valence electrons. The predicted octanol–water partition coefficient (Wildman–Crippen LogP) is 0.270. The molecule has 0 radical (unpaired) electrons. The third-order valence-electron chi connectivity index (χ3n) is 3.05. The fourth-order valence-corrected chi connectivity index (χ4v) is 2.47. The lowest BCUT2D eigenvalue weighted by atomic mass is 10.2. The van der Waals surface area contributed by atoms with Crippen LogP contribution in [0.2, 0.25) is 0 Å². The summed E-state index contributed by atoms with van der Waals surface area (Å²) in [6, 6.07) is 3.87. The molecule has 1 aromatic heterocycles. The van der Waals surface area contributed by atoms with Crippen LogP contribution >= 0.6 is 0 Å². The second kappa shape index (κ2) is 6.81. The Bertz CT molecular complexity index is 936. The maximum absolute atomic E-state index is 12.0. The van der Waals surface area contributed by atoms with Gasteiger partial charge < -0.3 is 14.5 Å². The Labute approximate surface area is 137 Å². The number of carbonyl (C=O) groups excluding carboxylic acids is 1. The number of hydrogen-bond acceptors (Lipinski definition) is 7. The van der Waals surface area contributed by atoms with Crippen molar-refractivity contribution in [2.24, 2.45) is 5.14 Å². The average Bonchev–Trinajstić information content (AvgIpc) is 2.53. The third kappa shape index (κ3) is 3.60. The van der Waals surface area contributed by atoms with E-state index in [1.165, 1.54) is 25.3 Å². The number of rotatable bonds is 5. The average molecular weight is 353 g/mol. The molecule has 2 rings (SSSR count). The Morgan fingerprint density at radius 3 is 2.62 bits per heavy atom. The molecule has 0 bridgehead atoms. The Kier molecular flexibility index (Phi) is 5.00. The van der Waals surface area contributed by atoms with E-state index >= 15 is 0 Å². The summed E-state index contributed by atoms with van der Waals surface area (Å²) in [5.74, 6) is -0.507. The smallest absolute Gasteiger partial charge is 0.345 e. The van der Waals surface area contributed by atoms with Crippen molar-refractivity contribution in [3.05, 3.63) is 40.3 Å². The number of sulfonamides is 1. The van der Waals surface area contributed by atoms with Gasteiger partial charge in [0.15, 0.2) is 0 Å². The normalized spacial score (nSPS) is 11.1. The van der Waals surface area contributed by atoms with E-state index in [1.54, 1.807) is 6.92 Å². The number of primary sulfonamides is 1. The van der Waals surface area contributed by atoms with E-state index in [0.717, 1.165) is 6.20 Å². The highest BCUT2D eigenvalue weighted by Gasteiger charge is 2.17. The number of H-pyrrole nitrogens is 1. The summed E-state index contributed by atoms with van der Waals surface area (Å²) < 4.78 is 32.8. The highest BCUT2D eigenvalue weighted by molar-refractivity contribution is 7.89. The van der Waals surface area contributed by atoms with Crippen LogP contribution in [0.5, 0.6) is 5.75 Å². The maximum Gasteiger partial charge on any atom is 0.345 e. The zero-order chi connectivity index (χ0) is 17.9. The number of aromatic nitrogens is 2. The molecule has 10 heteroatoms. The van der Waals surface area contributed by atoms with Crippen LogP contribution in [-0.2, 0) is 14.8 Å². The number of carbonyl (C=O) groups is 1. The van der Waals surface area contributed by atoms with E-state index in [9.17, 15) is 18.0 Å². The van der Waals surface area contributed by atoms with Crippen LogP contribution in [0.4, 0.5) is 0 Å². The molecule has 0 aliphatic carbocycles. The minimum absolute atomic E-state index is 0.0235. The predicted molar refractivity (Wildman–Crippen MR) is 84.2 cm³/mol. The molecule has 0 unspecified atom stereocenters. The summed E-state index contributed by atoms with van der Waals surface area (Å²) in [6.07, 6.45) is 1.05. The molecule has 1 aromatic carbocycles. The monoisotopic (exact) mass is 353 g/mol. The van der Waals surface area contributed by atoms with Gasteiger partial charge in [-0.15, -0.1) is 0 Å². The molecule has 0 aliphatic heterocycles. The van der Waals surface area contributed by atoms with Crippen LogP contribution in [0.15, 0.2) is 34.1 Å². The zero-order valence-electron chi connectivity index (χ0n) is 12.9. The molecule has 0 fully saturated rings. The van der Waals surface area contributed by atoms with Gasteiger partial charge in [0.25, 0.3) is 5.56 Å². The molecule has 0 saturated heterocycles. The first-order valence-electron chi connectivity index (χ1n) is 6.75. The fourth-order valence-electron chi connectivity index (χ4n) is 1.94. The molecule has 0 aliphatic rings. The van der Waals surface area contributed by atoms with Gasteiger partial charge in [0.1, 0.15) is 17.1 Å². The molecule has 0 amide bonds. The topological polar surface area (TPSA) is 141 Å². The standard InChI is InChI=1S/C14H15N3O6S/c1-3-23-14(19)10-7-16-12(17-13(10)18)9-6-8(24(15,20)21)4-5-11(9)22-2/h4-7H,3H2,1-2H3,(H2,15,20,21)(H,16,17,18). The summed E-state index contributed by atoms with van der Waals surface area (Å²) in [5, 5.41) is 5.10. The van der Waals surface area contributed by atoms with Gasteiger partial charge in [0.2, 0.25) is 10.0 Å². The molecule has 3 N–H and O–H groups in total. The lowest BCUT2D eigenvalue weighted by Crippen LogP contribution is -2.21. The molecule has 0 saturated carbocycles. The number of esters is 1. The van der Waals surface area contributed by atoms with Gasteiger partial charge in [-0.3, -0.25) is 4.79 Å². The van der Waals surface area contributed by atoms with Crippen LogP contribution in [0.1, 0.15) is 17.3 Å². The van der Waals surface area contributed by atoms with E-state index in [2.05, 4.69) is 9.97 Å². The van der Waals surface area contributed by atoms with Crippen molar-refractivity contribution in [3.8, 4) is 17.1 Å². The maximum atomic E-state index is 12.0. The second-order valence-electron chi connectivity index (χ2n) is 4.60. The van der Waals surface area contributed by atoms with Gasteiger partial charge in [-0.2, -0.15) is 0 Å². The summed E-state index contributed by atoms with van der Waals surface area (Å²) in [6.45, 7) is 1.72. The Balaban J connectivity index is 2.58. The molecule has 0 spiro atoms. The van der Waals surface area contributed by atoms with Crippen molar-refractivity contribution in [2.45, 2.75) is 11.8 Å². The van der Waals surface area contributed by atoms with Gasteiger partial charge in [-0.05, 0) is 25.1 Å². The highest BCUT2D eigenvalue weighted by atomic mass is 32.2. The van der Waals surface area contributed by atoms with Crippen LogP contribution in [0.25, 0.3) is 11.4 Å². The van der Waals surface area contributed by atoms with Gasteiger partial charge in [-0.1, -0.05) is 0 Å². The zero-order valence-corrected chi connectivity index (χ0v) is 13.7. The lowest BCUT2D eigenvalue weighted by molar-refractivity contribution is 0.0523. The number of hydrogen-bond donors (Lipinski definition) is 2. The van der Waals surface area contributed by atoms with E-state index < -0.39 is 21.6 Å². The van der Waals surface area contributed by atoms with Gasteiger partial charge >= 0.3 is 5.97 Å². The minimum Gasteiger partial charge on any atom is -0.496 e. The molecule has 1 heterocycles. The Hall–Kier alpha value is -2.72. The number of nitrogens with two attached hydrogens (primary N) is 1. The van der Waals surface area contributed by atoms with E-state index in [0.29, 0.717) is 0 Å². The van der Waals surface area contributed by atoms with E-state index in [4.69, 9.17) is 14.6 Å². The first kappa shape index (κ1) is 17.6. The van der Waals surface area contributed by atoms with Crippen molar-refractivity contribution in [1.82, 2.24) is 9.97 Å². The molecule has 9 nitrogen and oxygen atoms in total. The summed E-state index contributed by atoms with van der Waals surface area (Å²) >= 11 is 0. The van der Waals surface area contributed by atoms with Gasteiger partial charge in [-0.25, -0.2) is 23.3 Å². The summed E-state index contributed by atoms with van der Waals surface area (Å²) in [5.41, 5.74) is -0.778. The molecular formula is C14H15N3O6S. The SMILES string of the molecule is CCOC(=O)c1cnc(-c2cc(S(N)(=O)=O)ccc2OC)[nH]c1=O. The fraction of sp³-hybridized carbons (Fsp3) is 0.214. The van der Waals surface area contributed by atoms with Crippen LogP contribution in [-0.4, -0.2) is 38.1 Å². The van der Waals surface area contributed by atoms with Crippen molar-refractivity contribution >= 4 is 16.0 Å². The molecule has 2 aromatic rings. The first-order chi connectivity index (χ1) is 11.3. The van der Waals surface area contributed by atoms with Crippen LogP contribution in [0, 0.1) is 0 Å². The van der Waals surface area contributed by atoms with Crippen molar-refractivity contribution in [2.75, 3.05) is 13.7 Å².